The van der Waals surface area contributed by atoms with Gasteiger partial charge in [-0.3, -0.25) is 0 Å². The molecule has 0 bridgehead atoms. The minimum atomic E-state index is -2.05. The Morgan fingerprint density at radius 3 is 2.24 bits per heavy atom. The van der Waals surface area contributed by atoms with Gasteiger partial charge in [-0.2, -0.15) is 0 Å². The zero-order valence-corrected chi connectivity index (χ0v) is 21.6. The first-order valence-electron chi connectivity index (χ1n) is 12.5. The van der Waals surface area contributed by atoms with Crippen LogP contribution in [-0.2, 0) is 4.79 Å². The van der Waals surface area contributed by atoms with Crippen LogP contribution in [0, 0.1) is 0 Å². The number of ether oxygens (including phenoxy) is 2. The number of carbonyl (C=O) groups excluding carboxylic acids is 1. The highest BCUT2D eigenvalue weighted by atomic mass is 19.2. The van der Waals surface area contributed by atoms with Gasteiger partial charge in [0.15, 0.2) is 12.0 Å². The van der Waals surface area contributed by atoms with Crippen LogP contribution in [0.2, 0.25) is 0 Å². The van der Waals surface area contributed by atoms with Gasteiger partial charge in [-0.1, -0.05) is 44.5 Å². The Labute approximate surface area is 216 Å². The molecule has 1 heterocycles. The molecule has 2 aromatic carbocycles. The molecule has 0 spiro atoms. The summed E-state index contributed by atoms with van der Waals surface area (Å²) in [5.74, 6) is 0.0665. The van der Waals surface area contributed by atoms with Gasteiger partial charge in [-0.25, -0.2) is 27.9 Å². The normalized spacial score (nSPS) is 15.3. The zero-order valence-electron chi connectivity index (χ0n) is 21.6. The highest BCUT2D eigenvalue weighted by Gasteiger charge is 2.33. The number of carbonyl (C=O) groups is 1. The highest BCUT2D eigenvalue weighted by Crippen LogP contribution is 2.31. The van der Waals surface area contributed by atoms with Gasteiger partial charge in [-0.05, 0) is 62.9 Å². The monoisotopic (exact) mass is 514 g/mol. The summed E-state index contributed by atoms with van der Waals surface area (Å²) in [6.45, 7) is 5.94. The van der Waals surface area contributed by atoms with Gasteiger partial charge < -0.3 is 9.47 Å². The maximum absolute atomic E-state index is 14.6. The fourth-order valence-corrected chi connectivity index (χ4v) is 3.59. The first kappa shape index (κ1) is 28.2. The molecular weight excluding hydrogens is 481 g/mol. The number of benzene rings is 2. The molecule has 0 amide bonds. The van der Waals surface area contributed by atoms with Crippen LogP contribution >= 0.6 is 0 Å². The third-order valence-corrected chi connectivity index (χ3v) is 6.18. The number of aromatic nitrogens is 2. The number of alkyl halides is 3. The second kappa shape index (κ2) is 12.7. The van der Waals surface area contributed by atoms with Crippen LogP contribution in [0.1, 0.15) is 53.4 Å². The Morgan fingerprint density at radius 1 is 1.00 bits per heavy atom. The molecule has 3 aromatic rings. The Hall–Kier alpha value is -3.42. The standard InChI is InChI=1S/C29H33F3N2O3/c1-5-7-11-25(26(31)19(3)30)37-24-12-9-8-10-23(24)27-33-17-21(18-34-27)20-13-15-22(16-14-20)36-28(35)29(4,32)6-2/h8-10,12-19,25-26H,5-7,11H2,1-4H3. The average Bonchev–Trinajstić information content (AvgIpc) is 2.91. The summed E-state index contributed by atoms with van der Waals surface area (Å²) in [5, 5.41) is 0. The van der Waals surface area contributed by atoms with E-state index >= 15 is 0 Å². The van der Waals surface area contributed by atoms with E-state index in [2.05, 4.69) is 9.97 Å². The lowest BCUT2D eigenvalue weighted by molar-refractivity contribution is -0.146. The third-order valence-electron chi connectivity index (χ3n) is 6.18. The number of hydrogen-bond acceptors (Lipinski definition) is 5. The quantitative estimate of drug-likeness (QED) is 0.185. The molecule has 5 nitrogen and oxygen atoms in total. The molecule has 0 fully saturated rings. The van der Waals surface area contributed by atoms with Crippen LogP contribution in [0.25, 0.3) is 22.5 Å². The van der Waals surface area contributed by atoms with Gasteiger partial charge in [0.25, 0.3) is 0 Å². The van der Waals surface area contributed by atoms with Crippen molar-refractivity contribution in [2.45, 2.75) is 77.5 Å². The number of hydrogen-bond donors (Lipinski definition) is 0. The summed E-state index contributed by atoms with van der Waals surface area (Å²) in [6.07, 6.45) is 0.932. The smallest absolute Gasteiger partial charge is 0.348 e. The van der Waals surface area contributed by atoms with Gasteiger partial charge in [-0.15, -0.1) is 0 Å². The van der Waals surface area contributed by atoms with E-state index in [1.807, 2.05) is 6.92 Å². The second-order valence-electron chi connectivity index (χ2n) is 9.18. The number of halogens is 3. The van der Waals surface area contributed by atoms with Crippen molar-refractivity contribution in [2.24, 2.45) is 0 Å². The minimum absolute atomic E-state index is 0.0184. The molecule has 0 saturated carbocycles. The fourth-order valence-electron chi connectivity index (χ4n) is 3.59. The molecule has 37 heavy (non-hydrogen) atoms. The van der Waals surface area contributed by atoms with Gasteiger partial charge in [0, 0.05) is 18.0 Å². The highest BCUT2D eigenvalue weighted by molar-refractivity contribution is 5.81. The Balaban J connectivity index is 1.78. The number of unbranched alkanes of at least 4 members (excludes halogenated alkanes) is 1. The van der Waals surface area contributed by atoms with Crippen LogP contribution in [0.3, 0.4) is 0 Å². The van der Waals surface area contributed by atoms with Crippen LogP contribution in [-0.4, -0.2) is 40.1 Å². The van der Waals surface area contributed by atoms with Gasteiger partial charge in [0.2, 0.25) is 5.67 Å². The van der Waals surface area contributed by atoms with Crippen molar-refractivity contribution >= 4 is 5.97 Å². The van der Waals surface area contributed by atoms with Crippen LogP contribution in [0.15, 0.2) is 60.9 Å². The maximum atomic E-state index is 14.6. The van der Waals surface area contributed by atoms with Crippen molar-refractivity contribution in [3.8, 4) is 34.0 Å². The molecule has 0 saturated heterocycles. The first-order valence-corrected chi connectivity index (χ1v) is 12.5. The molecule has 4 atom stereocenters. The van der Waals surface area contributed by atoms with Crippen molar-refractivity contribution in [1.82, 2.24) is 9.97 Å². The molecule has 0 N–H and O–H groups in total. The second-order valence-corrected chi connectivity index (χ2v) is 9.18. The van der Waals surface area contributed by atoms with E-state index in [4.69, 9.17) is 9.47 Å². The largest absolute Gasteiger partial charge is 0.487 e. The van der Waals surface area contributed by atoms with E-state index in [1.165, 1.54) is 13.8 Å². The first-order chi connectivity index (χ1) is 17.7. The number of nitrogens with zero attached hydrogens (tertiary/aromatic N) is 2. The summed E-state index contributed by atoms with van der Waals surface area (Å²) in [4.78, 5) is 20.9. The van der Waals surface area contributed by atoms with Crippen molar-refractivity contribution in [3.63, 3.8) is 0 Å². The number of rotatable bonds is 12. The molecule has 4 unspecified atom stereocenters. The topological polar surface area (TPSA) is 61.3 Å². The van der Waals surface area contributed by atoms with Crippen molar-refractivity contribution in [1.29, 1.82) is 0 Å². The Bertz CT molecular complexity index is 1150. The van der Waals surface area contributed by atoms with Crippen molar-refractivity contribution in [2.75, 3.05) is 0 Å². The number of para-hydroxylation sites is 1. The minimum Gasteiger partial charge on any atom is -0.487 e. The third kappa shape index (κ3) is 7.31. The predicted molar refractivity (Wildman–Crippen MR) is 138 cm³/mol. The predicted octanol–water partition coefficient (Wildman–Crippen LogP) is 7.49. The summed E-state index contributed by atoms with van der Waals surface area (Å²) >= 11 is 0. The molecule has 0 radical (unpaired) electrons. The molecule has 198 valence electrons. The van der Waals surface area contributed by atoms with Gasteiger partial charge in [0.05, 0.1) is 5.56 Å². The zero-order chi connectivity index (χ0) is 27.0. The van der Waals surface area contributed by atoms with E-state index in [1.54, 1.807) is 67.8 Å². The Kier molecular flexibility index (Phi) is 9.66. The molecule has 0 aliphatic carbocycles. The van der Waals surface area contributed by atoms with Crippen LogP contribution in [0.4, 0.5) is 13.2 Å². The lowest BCUT2D eigenvalue weighted by atomic mass is 10.0. The maximum Gasteiger partial charge on any atom is 0.348 e. The molecule has 0 aliphatic rings. The summed E-state index contributed by atoms with van der Waals surface area (Å²) in [6, 6.07) is 13.6. The van der Waals surface area contributed by atoms with Crippen molar-refractivity contribution < 1.29 is 27.4 Å². The summed E-state index contributed by atoms with van der Waals surface area (Å²) < 4.78 is 53.5. The van der Waals surface area contributed by atoms with Crippen LogP contribution in [0.5, 0.6) is 11.5 Å². The molecule has 0 aliphatic heterocycles. The van der Waals surface area contributed by atoms with E-state index in [9.17, 15) is 18.0 Å². The molecular formula is C29H33F3N2O3. The number of esters is 1. The molecule has 3 rings (SSSR count). The lowest BCUT2D eigenvalue weighted by Crippen LogP contribution is -2.34. The molecule has 8 heteroatoms. The van der Waals surface area contributed by atoms with E-state index in [-0.39, 0.29) is 12.2 Å². The van der Waals surface area contributed by atoms with E-state index in [0.717, 1.165) is 18.4 Å². The van der Waals surface area contributed by atoms with Gasteiger partial charge >= 0.3 is 5.97 Å². The van der Waals surface area contributed by atoms with Crippen LogP contribution < -0.4 is 9.47 Å². The van der Waals surface area contributed by atoms with E-state index in [0.29, 0.717) is 29.1 Å². The lowest BCUT2D eigenvalue weighted by Gasteiger charge is -2.24. The summed E-state index contributed by atoms with van der Waals surface area (Å²) in [5.41, 5.74) is 0.000825. The average molecular weight is 515 g/mol. The fraction of sp³-hybridized carbons (Fsp3) is 0.414. The van der Waals surface area contributed by atoms with Gasteiger partial charge in [0.1, 0.15) is 23.8 Å². The van der Waals surface area contributed by atoms with Crippen molar-refractivity contribution in [3.05, 3.63) is 60.9 Å². The summed E-state index contributed by atoms with van der Waals surface area (Å²) in [7, 11) is 0. The molecule has 1 aromatic heterocycles. The van der Waals surface area contributed by atoms with E-state index < -0.39 is 30.1 Å². The Morgan fingerprint density at radius 2 is 1.65 bits per heavy atom. The SMILES string of the molecule is CCCCC(Oc1ccccc1-c1ncc(-c2ccc(OC(=O)C(C)(F)CC)cc2)cn1)C(F)C(C)F.